The molecule has 1 N–H and O–H groups in total. The zero-order chi connectivity index (χ0) is 17.7. The minimum absolute atomic E-state index is 0.339. The van der Waals surface area contributed by atoms with Crippen LogP contribution in [0.4, 0.5) is 13.2 Å². The Morgan fingerprint density at radius 1 is 1.29 bits per heavy atom. The number of hydrogen-bond donors (Lipinski definition) is 1. The first-order valence-electron chi connectivity index (χ1n) is 6.74. The summed E-state index contributed by atoms with van der Waals surface area (Å²) in [5.74, 6) is -0.709. The highest BCUT2D eigenvalue weighted by Gasteiger charge is 2.37. The van der Waals surface area contributed by atoms with Crippen molar-refractivity contribution >= 4 is 5.91 Å². The zero-order valence-corrected chi connectivity index (χ0v) is 12.5. The maximum absolute atomic E-state index is 12.9. The van der Waals surface area contributed by atoms with Crippen LogP contribution < -0.4 is 10.1 Å². The number of aromatic nitrogens is 1. The Labute approximate surface area is 135 Å². The molecule has 1 unspecified atom stereocenters. The highest BCUT2D eigenvalue weighted by molar-refractivity contribution is 5.95. The van der Waals surface area contributed by atoms with Crippen LogP contribution in [0.1, 0.15) is 27.7 Å². The molecule has 0 spiro atoms. The highest BCUT2D eigenvalue weighted by atomic mass is 19.4. The van der Waals surface area contributed by atoms with Crippen molar-refractivity contribution in [3.63, 3.8) is 0 Å². The van der Waals surface area contributed by atoms with Gasteiger partial charge in [0, 0.05) is 11.8 Å². The minimum Gasteiger partial charge on any atom is -0.496 e. The predicted molar refractivity (Wildman–Crippen MR) is 78.1 cm³/mol. The van der Waals surface area contributed by atoms with E-state index in [-0.39, 0.29) is 0 Å². The Morgan fingerprint density at radius 2 is 2.00 bits per heavy atom. The number of carbonyl (C=O) groups excluding carboxylic acids is 1. The van der Waals surface area contributed by atoms with E-state index in [0.29, 0.717) is 11.3 Å². The van der Waals surface area contributed by atoms with E-state index in [1.165, 1.54) is 13.2 Å². The predicted octanol–water partition coefficient (Wildman–Crippen LogP) is 3.10. The van der Waals surface area contributed by atoms with Gasteiger partial charge in [0.2, 0.25) is 0 Å². The van der Waals surface area contributed by atoms with Crippen molar-refractivity contribution in [3.8, 4) is 11.8 Å². The van der Waals surface area contributed by atoms with Crippen LogP contribution in [-0.4, -0.2) is 18.0 Å². The fourth-order valence-electron chi connectivity index (χ4n) is 2.11. The Bertz CT molecular complexity index is 785. The lowest BCUT2D eigenvalue weighted by Gasteiger charge is -2.16. The van der Waals surface area contributed by atoms with E-state index >= 15 is 0 Å². The molecule has 0 aliphatic rings. The van der Waals surface area contributed by atoms with Gasteiger partial charge < -0.3 is 10.1 Å². The number of carbonyl (C=O) groups is 1. The van der Waals surface area contributed by atoms with E-state index in [1.807, 2.05) is 6.07 Å². The van der Waals surface area contributed by atoms with E-state index in [1.54, 1.807) is 24.3 Å². The molecular formula is C16H12F3N3O2. The normalized spacial score (nSPS) is 12.1. The molecule has 8 heteroatoms. The van der Waals surface area contributed by atoms with Crippen LogP contribution in [0.3, 0.4) is 0 Å². The molecule has 0 bridgehead atoms. The molecule has 1 heterocycles. The zero-order valence-electron chi connectivity index (χ0n) is 12.5. The number of nitrogens with zero attached hydrogens (tertiary/aromatic N) is 2. The largest absolute Gasteiger partial charge is 0.496 e. The Hall–Kier alpha value is -3.08. The second-order valence-electron chi connectivity index (χ2n) is 4.67. The van der Waals surface area contributed by atoms with Gasteiger partial charge in [-0.1, -0.05) is 18.2 Å². The number of benzene rings is 1. The Kier molecular flexibility index (Phi) is 5.04. The van der Waals surface area contributed by atoms with Gasteiger partial charge in [-0.3, -0.25) is 9.78 Å². The lowest BCUT2D eigenvalue weighted by molar-refractivity contribution is -0.141. The average Bonchev–Trinajstić information content (AvgIpc) is 2.58. The quantitative estimate of drug-likeness (QED) is 0.931. The molecule has 0 aliphatic carbocycles. The van der Waals surface area contributed by atoms with Gasteiger partial charge in [-0.05, 0) is 18.2 Å². The summed E-state index contributed by atoms with van der Waals surface area (Å²) in [5.41, 5.74) is -1.62. The summed E-state index contributed by atoms with van der Waals surface area (Å²) in [7, 11) is 1.39. The minimum atomic E-state index is -4.78. The molecule has 0 saturated heterocycles. The van der Waals surface area contributed by atoms with Crippen LogP contribution in [-0.2, 0) is 6.18 Å². The van der Waals surface area contributed by atoms with Crippen molar-refractivity contribution in [1.82, 2.24) is 10.3 Å². The first-order valence-corrected chi connectivity index (χ1v) is 6.74. The molecule has 24 heavy (non-hydrogen) atoms. The molecule has 5 nitrogen and oxygen atoms in total. The lowest BCUT2D eigenvalue weighted by atomic mass is 10.1. The van der Waals surface area contributed by atoms with E-state index in [0.717, 1.165) is 12.3 Å². The summed E-state index contributed by atoms with van der Waals surface area (Å²) in [6.45, 7) is 0. The van der Waals surface area contributed by atoms with E-state index in [4.69, 9.17) is 4.74 Å². The van der Waals surface area contributed by atoms with Gasteiger partial charge in [-0.25, -0.2) is 0 Å². The molecule has 0 fully saturated rings. The number of alkyl halides is 3. The van der Waals surface area contributed by atoms with Gasteiger partial charge >= 0.3 is 6.18 Å². The molecule has 0 saturated carbocycles. The van der Waals surface area contributed by atoms with Gasteiger partial charge in [0.15, 0.2) is 5.69 Å². The molecule has 0 radical (unpaired) electrons. The average molecular weight is 335 g/mol. The van der Waals surface area contributed by atoms with E-state index in [9.17, 15) is 23.2 Å². The summed E-state index contributed by atoms with van der Waals surface area (Å²) in [6.07, 6.45) is -3.83. The first kappa shape index (κ1) is 17.3. The van der Waals surface area contributed by atoms with Crippen LogP contribution >= 0.6 is 0 Å². The molecule has 1 aromatic heterocycles. The van der Waals surface area contributed by atoms with Crippen molar-refractivity contribution in [1.29, 1.82) is 5.26 Å². The molecule has 124 valence electrons. The summed E-state index contributed by atoms with van der Waals surface area (Å²) in [6, 6.07) is 9.30. The maximum atomic E-state index is 12.9. The smallest absolute Gasteiger partial charge is 0.434 e. The van der Waals surface area contributed by atoms with Crippen LogP contribution in [0.15, 0.2) is 42.6 Å². The second kappa shape index (κ2) is 7.00. The van der Waals surface area contributed by atoms with Crippen LogP contribution in [0, 0.1) is 11.3 Å². The van der Waals surface area contributed by atoms with Crippen molar-refractivity contribution in [3.05, 3.63) is 59.4 Å². The van der Waals surface area contributed by atoms with Gasteiger partial charge in [0.05, 0.1) is 18.7 Å². The SMILES string of the molecule is COc1ccccc1C(C#N)NC(=O)c1cccnc1C(F)(F)F. The van der Waals surface area contributed by atoms with Gasteiger partial charge in [-0.15, -0.1) is 0 Å². The third-order valence-electron chi connectivity index (χ3n) is 3.18. The summed E-state index contributed by atoms with van der Waals surface area (Å²) < 4.78 is 43.9. The number of pyridine rings is 1. The molecule has 2 aromatic rings. The van der Waals surface area contributed by atoms with Crippen LogP contribution in [0.5, 0.6) is 5.75 Å². The monoisotopic (exact) mass is 335 g/mol. The van der Waals surface area contributed by atoms with Crippen molar-refractivity contribution in [2.45, 2.75) is 12.2 Å². The molecule has 0 aliphatic heterocycles. The third kappa shape index (κ3) is 3.63. The van der Waals surface area contributed by atoms with Crippen molar-refractivity contribution in [2.75, 3.05) is 7.11 Å². The number of halogens is 3. The van der Waals surface area contributed by atoms with Gasteiger partial charge in [0.25, 0.3) is 5.91 Å². The van der Waals surface area contributed by atoms with Gasteiger partial charge in [0.1, 0.15) is 11.8 Å². The van der Waals surface area contributed by atoms with E-state index < -0.39 is 29.4 Å². The van der Waals surface area contributed by atoms with Crippen LogP contribution in [0.2, 0.25) is 0 Å². The van der Waals surface area contributed by atoms with Crippen molar-refractivity contribution < 1.29 is 22.7 Å². The topological polar surface area (TPSA) is 75.0 Å². The molecular weight excluding hydrogens is 323 g/mol. The number of nitriles is 1. The van der Waals surface area contributed by atoms with Gasteiger partial charge in [-0.2, -0.15) is 18.4 Å². The summed E-state index contributed by atoms with van der Waals surface area (Å²) in [5, 5.41) is 11.5. The molecule has 1 atom stereocenters. The first-order chi connectivity index (χ1) is 11.4. The molecule has 1 amide bonds. The summed E-state index contributed by atoms with van der Waals surface area (Å²) >= 11 is 0. The fraction of sp³-hybridized carbons (Fsp3) is 0.188. The maximum Gasteiger partial charge on any atom is 0.434 e. The Balaban J connectivity index is 2.34. The number of ether oxygens (including phenoxy) is 1. The standard InChI is InChI=1S/C16H12F3N3O2/c1-24-13-7-3-2-5-10(13)12(9-20)22-15(23)11-6-4-8-21-14(11)16(17,18)19/h2-8,12H,1H3,(H,22,23). The number of nitrogens with one attached hydrogen (secondary N) is 1. The number of para-hydroxylation sites is 1. The lowest BCUT2D eigenvalue weighted by Crippen LogP contribution is -2.30. The van der Waals surface area contributed by atoms with Crippen molar-refractivity contribution in [2.24, 2.45) is 0 Å². The molecule has 2 rings (SSSR count). The summed E-state index contributed by atoms with van der Waals surface area (Å²) in [4.78, 5) is 15.4. The number of rotatable bonds is 4. The number of hydrogen-bond acceptors (Lipinski definition) is 4. The van der Waals surface area contributed by atoms with E-state index in [2.05, 4.69) is 10.3 Å². The van der Waals surface area contributed by atoms with Crippen LogP contribution in [0.25, 0.3) is 0 Å². The fourth-order valence-corrected chi connectivity index (χ4v) is 2.11. The number of methoxy groups -OCH3 is 1. The molecule has 1 aromatic carbocycles. The number of amides is 1. The highest BCUT2D eigenvalue weighted by Crippen LogP contribution is 2.30. The third-order valence-corrected chi connectivity index (χ3v) is 3.18. The Morgan fingerprint density at radius 3 is 2.62 bits per heavy atom. The second-order valence-corrected chi connectivity index (χ2v) is 4.67.